The van der Waals surface area contributed by atoms with Crippen molar-refractivity contribution in [2.45, 2.75) is 0 Å². The van der Waals surface area contributed by atoms with Gasteiger partial charge in [0, 0.05) is 0 Å². The molecule has 48 valence electrons. The van der Waals surface area contributed by atoms with Crippen LogP contribution in [0.4, 0.5) is 18.8 Å². The van der Waals surface area contributed by atoms with E-state index in [4.69, 9.17) is 0 Å². The summed E-state index contributed by atoms with van der Waals surface area (Å²) in [5.74, 6) is 0. The van der Waals surface area contributed by atoms with Gasteiger partial charge in [-0.1, -0.05) is 0 Å². The standard InChI is InChI=1S/6FH.2K/h6*1H;;/q;;;;;;2*+1/p-2. The third kappa shape index (κ3) is 67.1. The molecule has 8 heavy (non-hydrogen) atoms. The van der Waals surface area contributed by atoms with E-state index in [9.17, 15) is 0 Å². The van der Waals surface area contributed by atoms with Crippen LogP contribution in [0.3, 0.4) is 0 Å². The first-order valence-electron chi connectivity index (χ1n) is 0. The molecule has 0 rings (SSSR count). The van der Waals surface area contributed by atoms with E-state index in [1.165, 1.54) is 0 Å². The quantitative estimate of drug-likeness (QED) is 0.267. The first kappa shape index (κ1) is 129. The van der Waals surface area contributed by atoms with Gasteiger partial charge in [-0.25, -0.2) is 0 Å². The Labute approximate surface area is 128 Å². The molecule has 0 nitrogen and oxygen atoms in total. The van der Waals surface area contributed by atoms with Crippen LogP contribution in [0, 0.1) is 0 Å². The van der Waals surface area contributed by atoms with Crippen molar-refractivity contribution in [1.82, 2.24) is 0 Å². The minimum absolute atomic E-state index is 0. The Morgan fingerprint density at radius 3 is 0.375 bits per heavy atom. The molecule has 0 N–H and O–H groups in total. The minimum Gasteiger partial charge on any atom is -1.00 e. The van der Waals surface area contributed by atoms with Gasteiger partial charge in [-0.3, -0.25) is 18.8 Å². The Morgan fingerprint density at radius 2 is 0.375 bits per heavy atom. The smallest absolute Gasteiger partial charge is 1.00 e. The molecule has 0 spiro atoms. The number of hydrogen-bond acceptors (Lipinski definition) is 0. The Bertz CT molecular complexity index is 6.49. The van der Waals surface area contributed by atoms with Crippen LogP contribution in [0.1, 0.15) is 0 Å². The molecular weight excluding hydrogens is 192 g/mol. The Hall–Kier alpha value is 2.85. The number of rotatable bonds is 0. The average molecular weight is 196 g/mol. The molecule has 0 aromatic rings. The number of halogens is 6. The summed E-state index contributed by atoms with van der Waals surface area (Å²) < 4.78 is 0. The van der Waals surface area contributed by atoms with E-state index in [0.717, 1.165) is 0 Å². The zero-order chi connectivity index (χ0) is 0. The van der Waals surface area contributed by atoms with Crippen molar-refractivity contribution in [3.05, 3.63) is 0 Å². The van der Waals surface area contributed by atoms with Crippen LogP contribution in [-0.2, 0) is 0 Å². The molecule has 0 aliphatic carbocycles. The molecule has 0 aliphatic heterocycles. The summed E-state index contributed by atoms with van der Waals surface area (Å²) in [5, 5.41) is 0. The van der Waals surface area contributed by atoms with Gasteiger partial charge in [0.2, 0.25) is 0 Å². The van der Waals surface area contributed by atoms with Crippen LogP contribution < -0.4 is 112 Å². The summed E-state index contributed by atoms with van der Waals surface area (Å²) in [4.78, 5) is 0. The summed E-state index contributed by atoms with van der Waals surface area (Å²) in [5.41, 5.74) is 0. The van der Waals surface area contributed by atoms with E-state index in [0.29, 0.717) is 0 Å². The van der Waals surface area contributed by atoms with E-state index in [2.05, 4.69) is 0 Å². The summed E-state index contributed by atoms with van der Waals surface area (Å²) in [6, 6.07) is 0. The monoisotopic (exact) mass is 196 g/mol. The first-order chi connectivity index (χ1) is 0. The molecule has 0 aromatic carbocycles. The summed E-state index contributed by atoms with van der Waals surface area (Å²) in [6.07, 6.45) is 0. The third-order valence-corrected chi connectivity index (χ3v) is 0. The fourth-order valence-electron chi connectivity index (χ4n) is 0. The second-order valence-corrected chi connectivity index (χ2v) is 0. The molecule has 0 unspecified atom stereocenters. The molecule has 0 saturated carbocycles. The summed E-state index contributed by atoms with van der Waals surface area (Å²) in [6.45, 7) is 0. The van der Waals surface area contributed by atoms with Crippen LogP contribution in [-0.4, -0.2) is 0 Å². The molecular formula is H4F6K2. The van der Waals surface area contributed by atoms with Gasteiger partial charge < -0.3 is 9.41 Å². The maximum Gasteiger partial charge on any atom is 1.00 e. The van der Waals surface area contributed by atoms with Crippen molar-refractivity contribution in [1.29, 1.82) is 0 Å². The van der Waals surface area contributed by atoms with E-state index < -0.39 is 0 Å². The third-order valence-electron chi connectivity index (χ3n) is 0. The predicted molar refractivity (Wildman–Crippen MR) is 10.0 cm³/mol. The molecule has 0 amide bonds. The van der Waals surface area contributed by atoms with Gasteiger partial charge in [-0.05, 0) is 0 Å². The van der Waals surface area contributed by atoms with Crippen molar-refractivity contribution < 1.29 is 131 Å². The molecule has 8 heteroatoms. The average Bonchev–Trinajstić information content (AvgIpc) is 0. The van der Waals surface area contributed by atoms with Gasteiger partial charge in [-0.15, -0.1) is 0 Å². The van der Waals surface area contributed by atoms with Crippen LogP contribution in [0.15, 0.2) is 0 Å². The zero-order valence-corrected chi connectivity index (χ0v) is 10.6. The molecule has 0 heterocycles. The van der Waals surface area contributed by atoms with Gasteiger partial charge in [-0.2, -0.15) is 0 Å². The SMILES string of the molecule is F.F.F.F.[F-].[F-].[K+].[K+]. The number of hydrogen-bond donors (Lipinski definition) is 0. The Morgan fingerprint density at radius 1 is 0.375 bits per heavy atom. The maximum atomic E-state index is 0. The van der Waals surface area contributed by atoms with Crippen molar-refractivity contribution in [2.24, 2.45) is 0 Å². The first-order valence-corrected chi connectivity index (χ1v) is 0. The Balaban J connectivity index is 0. The molecule has 0 radical (unpaired) electrons. The van der Waals surface area contributed by atoms with Gasteiger partial charge >= 0.3 is 103 Å². The second-order valence-electron chi connectivity index (χ2n) is 0. The van der Waals surface area contributed by atoms with Crippen molar-refractivity contribution in [3.8, 4) is 0 Å². The van der Waals surface area contributed by atoms with Gasteiger partial charge in [0.25, 0.3) is 0 Å². The van der Waals surface area contributed by atoms with Gasteiger partial charge in [0.05, 0.1) is 0 Å². The van der Waals surface area contributed by atoms with E-state index in [1.54, 1.807) is 0 Å². The maximum absolute atomic E-state index is 0. The molecule has 0 atom stereocenters. The van der Waals surface area contributed by atoms with E-state index in [-0.39, 0.29) is 131 Å². The molecule has 0 aromatic heterocycles. The van der Waals surface area contributed by atoms with Crippen LogP contribution in [0.2, 0.25) is 0 Å². The molecule has 0 aliphatic rings. The van der Waals surface area contributed by atoms with Crippen LogP contribution >= 0.6 is 0 Å². The van der Waals surface area contributed by atoms with Crippen molar-refractivity contribution in [2.75, 3.05) is 0 Å². The summed E-state index contributed by atoms with van der Waals surface area (Å²) in [7, 11) is 0. The normalized spacial score (nSPS) is 0. The topological polar surface area (TPSA) is 0 Å². The zero-order valence-electron chi connectivity index (χ0n) is 4.39. The fourth-order valence-corrected chi connectivity index (χ4v) is 0. The Kier molecular flexibility index (Phi) is 1540. The van der Waals surface area contributed by atoms with Gasteiger partial charge in [0.15, 0.2) is 0 Å². The van der Waals surface area contributed by atoms with Crippen molar-refractivity contribution >= 4 is 0 Å². The molecule has 0 fully saturated rings. The van der Waals surface area contributed by atoms with E-state index >= 15 is 0 Å². The van der Waals surface area contributed by atoms with Gasteiger partial charge in [0.1, 0.15) is 0 Å². The second kappa shape index (κ2) is 94.9. The fraction of sp³-hybridized carbons (Fsp3) is 0. The summed E-state index contributed by atoms with van der Waals surface area (Å²) >= 11 is 0. The van der Waals surface area contributed by atoms with Crippen LogP contribution in [0.25, 0.3) is 0 Å². The molecule has 0 bridgehead atoms. The van der Waals surface area contributed by atoms with E-state index in [1.807, 2.05) is 0 Å². The minimum atomic E-state index is 0. The van der Waals surface area contributed by atoms with Crippen LogP contribution in [0.5, 0.6) is 0 Å². The largest absolute Gasteiger partial charge is 1.00 e. The molecule has 0 saturated heterocycles. The van der Waals surface area contributed by atoms with Crippen molar-refractivity contribution in [3.63, 3.8) is 0 Å². The predicted octanol–water partition coefficient (Wildman–Crippen LogP) is -11.4.